The van der Waals surface area contributed by atoms with Crippen LogP contribution < -0.4 is 5.32 Å². The van der Waals surface area contributed by atoms with E-state index in [0.717, 1.165) is 24.6 Å². The van der Waals surface area contributed by atoms with Gasteiger partial charge in [-0.15, -0.1) is 11.3 Å². The summed E-state index contributed by atoms with van der Waals surface area (Å²) in [5.41, 5.74) is 3.64. The molecule has 102 valence electrons. The first kappa shape index (κ1) is 14.0. The summed E-state index contributed by atoms with van der Waals surface area (Å²) in [6, 6.07) is 8.51. The van der Waals surface area contributed by atoms with E-state index in [9.17, 15) is 0 Å². The molecule has 4 heteroatoms. The predicted octanol–water partition coefficient (Wildman–Crippen LogP) is 3.30. The van der Waals surface area contributed by atoms with Gasteiger partial charge in [0.05, 0.1) is 10.7 Å². The van der Waals surface area contributed by atoms with Crippen molar-refractivity contribution in [2.24, 2.45) is 0 Å². The molecule has 0 saturated heterocycles. The lowest BCUT2D eigenvalue weighted by Crippen LogP contribution is -2.24. The van der Waals surface area contributed by atoms with Gasteiger partial charge >= 0.3 is 0 Å². The summed E-state index contributed by atoms with van der Waals surface area (Å²) >= 11 is 1.72. The summed E-state index contributed by atoms with van der Waals surface area (Å²) in [7, 11) is 2.13. The molecule has 0 fully saturated rings. The molecule has 1 aromatic carbocycles. The first-order valence-electron chi connectivity index (χ1n) is 6.53. The fourth-order valence-electron chi connectivity index (χ4n) is 1.90. The Bertz CT molecular complexity index is 504. The largest absolute Gasteiger partial charge is 0.384 e. The van der Waals surface area contributed by atoms with Gasteiger partial charge in [-0.2, -0.15) is 0 Å². The van der Waals surface area contributed by atoms with Crippen molar-refractivity contribution in [3.63, 3.8) is 0 Å². The number of hydrogen-bond donors (Lipinski definition) is 1. The Morgan fingerprint density at radius 2 is 1.95 bits per heavy atom. The average Bonchev–Trinajstić information content (AvgIpc) is 2.77. The van der Waals surface area contributed by atoms with Crippen molar-refractivity contribution < 1.29 is 0 Å². The molecule has 0 aliphatic carbocycles. The van der Waals surface area contributed by atoms with E-state index in [1.54, 1.807) is 11.3 Å². The van der Waals surface area contributed by atoms with E-state index >= 15 is 0 Å². The standard InChI is InChI=1S/C15H21N3S/c1-12-4-6-14(7-5-12)16-8-9-18(3)10-15-11-19-13(2)17-15/h4-7,11,16H,8-10H2,1-3H3. The van der Waals surface area contributed by atoms with Gasteiger partial charge in [0, 0.05) is 30.7 Å². The molecule has 19 heavy (non-hydrogen) atoms. The first-order chi connectivity index (χ1) is 9.13. The highest BCUT2D eigenvalue weighted by Crippen LogP contribution is 2.10. The minimum absolute atomic E-state index is 0.917. The van der Waals surface area contributed by atoms with Crippen molar-refractivity contribution in [1.29, 1.82) is 0 Å². The van der Waals surface area contributed by atoms with Crippen molar-refractivity contribution in [3.8, 4) is 0 Å². The lowest BCUT2D eigenvalue weighted by atomic mass is 10.2. The van der Waals surface area contributed by atoms with Crippen molar-refractivity contribution in [2.75, 3.05) is 25.5 Å². The Balaban J connectivity index is 1.71. The number of rotatable bonds is 6. The summed E-state index contributed by atoms with van der Waals surface area (Å²) in [6.45, 7) is 7.02. The number of anilines is 1. The van der Waals surface area contributed by atoms with Crippen LogP contribution in [0.4, 0.5) is 5.69 Å². The SMILES string of the molecule is Cc1ccc(NCCN(C)Cc2csc(C)n2)cc1. The zero-order valence-electron chi connectivity index (χ0n) is 11.8. The van der Waals surface area contributed by atoms with Gasteiger partial charge in [-0.3, -0.25) is 4.90 Å². The molecule has 1 heterocycles. The molecular weight excluding hydrogens is 254 g/mol. The third kappa shape index (κ3) is 4.65. The van der Waals surface area contributed by atoms with E-state index in [-0.39, 0.29) is 0 Å². The summed E-state index contributed by atoms with van der Waals surface area (Å²) in [4.78, 5) is 6.77. The molecular formula is C15H21N3S. The van der Waals surface area contributed by atoms with Crippen LogP contribution in [0.3, 0.4) is 0 Å². The quantitative estimate of drug-likeness (QED) is 0.876. The van der Waals surface area contributed by atoms with E-state index in [2.05, 4.69) is 58.8 Å². The normalized spacial score (nSPS) is 10.9. The molecule has 1 N–H and O–H groups in total. The number of aromatic nitrogens is 1. The minimum Gasteiger partial charge on any atom is -0.384 e. The second-order valence-electron chi connectivity index (χ2n) is 4.89. The highest BCUT2D eigenvalue weighted by atomic mass is 32.1. The molecule has 0 aliphatic heterocycles. The van der Waals surface area contributed by atoms with Gasteiger partial charge in [-0.25, -0.2) is 4.98 Å². The van der Waals surface area contributed by atoms with Crippen molar-refractivity contribution in [1.82, 2.24) is 9.88 Å². The first-order valence-corrected chi connectivity index (χ1v) is 7.41. The monoisotopic (exact) mass is 275 g/mol. The molecule has 0 amide bonds. The Kier molecular flexibility index (Phi) is 4.93. The Hall–Kier alpha value is -1.39. The number of aryl methyl sites for hydroxylation is 2. The summed E-state index contributed by atoms with van der Waals surface area (Å²) in [6.07, 6.45) is 0. The Morgan fingerprint density at radius 3 is 2.58 bits per heavy atom. The lowest BCUT2D eigenvalue weighted by molar-refractivity contribution is 0.336. The van der Waals surface area contributed by atoms with Crippen LogP contribution in [0.1, 0.15) is 16.3 Å². The van der Waals surface area contributed by atoms with E-state index < -0.39 is 0 Å². The van der Waals surface area contributed by atoms with Crippen LogP contribution >= 0.6 is 11.3 Å². The van der Waals surface area contributed by atoms with Crippen molar-refractivity contribution in [3.05, 3.63) is 45.9 Å². The zero-order chi connectivity index (χ0) is 13.7. The van der Waals surface area contributed by atoms with E-state index in [0.29, 0.717) is 0 Å². The minimum atomic E-state index is 0.917. The second-order valence-corrected chi connectivity index (χ2v) is 5.95. The van der Waals surface area contributed by atoms with E-state index in [1.807, 2.05) is 6.92 Å². The van der Waals surface area contributed by atoms with Gasteiger partial charge in [0.2, 0.25) is 0 Å². The third-order valence-electron chi connectivity index (χ3n) is 2.97. The van der Waals surface area contributed by atoms with Gasteiger partial charge in [-0.05, 0) is 33.0 Å². The van der Waals surface area contributed by atoms with Crippen LogP contribution in [0.5, 0.6) is 0 Å². The highest BCUT2D eigenvalue weighted by molar-refractivity contribution is 7.09. The molecule has 2 rings (SSSR count). The van der Waals surface area contributed by atoms with Crippen LogP contribution in [-0.4, -0.2) is 30.0 Å². The van der Waals surface area contributed by atoms with E-state index in [4.69, 9.17) is 0 Å². The molecule has 0 spiro atoms. The molecule has 0 radical (unpaired) electrons. The molecule has 3 nitrogen and oxygen atoms in total. The zero-order valence-corrected chi connectivity index (χ0v) is 12.6. The van der Waals surface area contributed by atoms with Crippen LogP contribution in [0.15, 0.2) is 29.6 Å². The fraction of sp³-hybridized carbons (Fsp3) is 0.400. The maximum atomic E-state index is 4.48. The summed E-state index contributed by atoms with van der Waals surface area (Å²) in [5, 5.41) is 6.71. The highest BCUT2D eigenvalue weighted by Gasteiger charge is 2.03. The van der Waals surface area contributed by atoms with Crippen LogP contribution in [0.2, 0.25) is 0 Å². The van der Waals surface area contributed by atoms with Gasteiger partial charge in [0.15, 0.2) is 0 Å². The maximum Gasteiger partial charge on any atom is 0.0897 e. The van der Waals surface area contributed by atoms with Crippen molar-refractivity contribution in [2.45, 2.75) is 20.4 Å². The molecule has 0 bridgehead atoms. The number of hydrogen-bond acceptors (Lipinski definition) is 4. The van der Waals surface area contributed by atoms with Gasteiger partial charge in [0.25, 0.3) is 0 Å². The number of likely N-dealkylation sites (N-methyl/N-ethyl adjacent to an activating group) is 1. The Morgan fingerprint density at radius 1 is 1.21 bits per heavy atom. The molecule has 0 unspecified atom stereocenters. The van der Waals surface area contributed by atoms with E-state index in [1.165, 1.54) is 16.9 Å². The maximum absolute atomic E-state index is 4.48. The predicted molar refractivity (Wildman–Crippen MR) is 82.9 cm³/mol. The van der Waals surface area contributed by atoms with Gasteiger partial charge < -0.3 is 5.32 Å². The number of nitrogens with zero attached hydrogens (tertiary/aromatic N) is 2. The second kappa shape index (κ2) is 6.68. The average molecular weight is 275 g/mol. The number of nitrogens with one attached hydrogen (secondary N) is 1. The molecule has 1 aromatic heterocycles. The topological polar surface area (TPSA) is 28.2 Å². The van der Waals surface area contributed by atoms with Gasteiger partial charge in [-0.1, -0.05) is 17.7 Å². The number of thiazole rings is 1. The summed E-state index contributed by atoms with van der Waals surface area (Å²) in [5.74, 6) is 0. The smallest absolute Gasteiger partial charge is 0.0897 e. The lowest BCUT2D eigenvalue weighted by Gasteiger charge is -2.16. The Labute approximate surface area is 119 Å². The van der Waals surface area contributed by atoms with Crippen LogP contribution in [0, 0.1) is 13.8 Å². The van der Waals surface area contributed by atoms with Crippen molar-refractivity contribution >= 4 is 17.0 Å². The molecule has 0 aliphatic rings. The fourth-order valence-corrected chi connectivity index (χ4v) is 2.50. The van der Waals surface area contributed by atoms with Crippen LogP contribution in [0.25, 0.3) is 0 Å². The van der Waals surface area contributed by atoms with Gasteiger partial charge in [0.1, 0.15) is 0 Å². The molecule has 0 saturated carbocycles. The number of benzene rings is 1. The molecule has 0 atom stereocenters. The van der Waals surface area contributed by atoms with Crippen LogP contribution in [-0.2, 0) is 6.54 Å². The summed E-state index contributed by atoms with van der Waals surface area (Å²) < 4.78 is 0. The third-order valence-corrected chi connectivity index (χ3v) is 3.80. The molecule has 2 aromatic rings.